The quantitative estimate of drug-likeness (QED) is 0.348. The summed E-state index contributed by atoms with van der Waals surface area (Å²) in [4.78, 5) is 0. The van der Waals surface area contributed by atoms with Gasteiger partial charge in [-0.2, -0.15) is 0 Å². The van der Waals surface area contributed by atoms with Crippen LogP contribution in [0, 0.1) is 0 Å². The van der Waals surface area contributed by atoms with Crippen LogP contribution < -0.4 is 22.7 Å². The summed E-state index contributed by atoms with van der Waals surface area (Å²) in [5.74, 6) is 5.32. The Balaban J connectivity index is 2.58. The predicted molar refractivity (Wildman–Crippen MR) is 68.5 cm³/mol. The third kappa shape index (κ3) is 1.78. The number of rotatable bonds is 2. The number of nitrogens with one attached hydrogen (secondary N) is 1. The van der Waals surface area contributed by atoms with Crippen molar-refractivity contribution in [2.24, 2.45) is 5.84 Å². The van der Waals surface area contributed by atoms with Crippen molar-refractivity contribution in [3.8, 4) is 11.1 Å². The van der Waals surface area contributed by atoms with Crippen LogP contribution in [0.2, 0.25) is 0 Å². The maximum Gasteiger partial charge on any atom is 0.0526 e. The highest BCUT2D eigenvalue weighted by atomic mass is 15.2. The van der Waals surface area contributed by atoms with Gasteiger partial charge in [0.1, 0.15) is 0 Å². The molecule has 7 N–H and O–H groups in total. The summed E-state index contributed by atoms with van der Waals surface area (Å²) in [6, 6.07) is 13.3. The van der Waals surface area contributed by atoms with Crippen LogP contribution in [0.5, 0.6) is 0 Å². The Hall–Kier alpha value is -2.20. The van der Waals surface area contributed by atoms with Gasteiger partial charge in [0.05, 0.1) is 5.69 Å². The van der Waals surface area contributed by atoms with Crippen molar-refractivity contribution < 1.29 is 0 Å². The molecule has 0 aromatic heterocycles. The van der Waals surface area contributed by atoms with E-state index in [1.165, 1.54) is 0 Å². The van der Waals surface area contributed by atoms with Crippen molar-refractivity contribution in [1.82, 2.24) is 0 Å². The molecule has 0 unspecified atom stereocenters. The van der Waals surface area contributed by atoms with Gasteiger partial charge >= 0.3 is 0 Å². The van der Waals surface area contributed by atoms with Crippen LogP contribution in [0.15, 0.2) is 42.5 Å². The molecule has 0 fully saturated rings. The lowest BCUT2D eigenvalue weighted by Gasteiger charge is -2.11. The van der Waals surface area contributed by atoms with Crippen LogP contribution in [0.3, 0.4) is 0 Å². The minimum Gasteiger partial charge on any atom is -0.398 e. The molecular weight excluding hydrogens is 200 g/mol. The Bertz CT molecular complexity index is 471. The second-order valence-corrected chi connectivity index (χ2v) is 3.54. The van der Waals surface area contributed by atoms with Crippen LogP contribution >= 0.6 is 0 Å². The first-order chi connectivity index (χ1) is 7.72. The van der Waals surface area contributed by atoms with E-state index in [1.807, 2.05) is 30.3 Å². The predicted octanol–water partition coefficient (Wildman–Crippen LogP) is 1.80. The third-order valence-corrected chi connectivity index (χ3v) is 2.43. The molecule has 0 saturated carbocycles. The van der Waals surface area contributed by atoms with Crippen molar-refractivity contribution in [3.63, 3.8) is 0 Å². The van der Waals surface area contributed by atoms with Crippen molar-refractivity contribution in [3.05, 3.63) is 42.5 Å². The number of hydrazine groups is 1. The minimum absolute atomic E-state index is 0.610. The fourth-order valence-corrected chi connectivity index (χ4v) is 1.71. The Morgan fingerprint density at radius 3 is 1.94 bits per heavy atom. The van der Waals surface area contributed by atoms with Crippen LogP contribution in [-0.4, -0.2) is 0 Å². The van der Waals surface area contributed by atoms with E-state index in [9.17, 15) is 0 Å². The molecule has 4 heteroatoms. The molecule has 0 atom stereocenters. The van der Waals surface area contributed by atoms with Gasteiger partial charge in [0.15, 0.2) is 0 Å². The van der Waals surface area contributed by atoms with E-state index >= 15 is 0 Å². The van der Waals surface area contributed by atoms with Gasteiger partial charge < -0.3 is 16.9 Å². The zero-order chi connectivity index (χ0) is 11.5. The molecule has 4 nitrogen and oxygen atoms in total. The molecule has 0 amide bonds. The van der Waals surface area contributed by atoms with Gasteiger partial charge in [0, 0.05) is 16.9 Å². The summed E-state index contributed by atoms with van der Waals surface area (Å²) >= 11 is 0. The Morgan fingerprint density at radius 2 is 1.44 bits per heavy atom. The van der Waals surface area contributed by atoms with Gasteiger partial charge in [-0.3, -0.25) is 5.84 Å². The summed E-state index contributed by atoms with van der Waals surface area (Å²) in [6.45, 7) is 0. The molecule has 2 aromatic rings. The standard InChI is InChI=1S/C12H14N4/c13-10-6-9(16-15)7-11(14)12(10)8-4-2-1-3-5-8/h1-7,16H,13-15H2. The molecule has 0 aliphatic rings. The number of hydrogen-bond acceptors (Lipinski definition) is 4. The van der Waals surface area contributed by atoms with Gasteiger partial charge in [-0.05, 0) is 17.7 Å². The van der Waals surface area contributed by atoms with Crippen molar-refractivity contribution >= 4 is 17.1 Å². The summed E-state index contributed by atoms with van der Waals surface area (Å²) in [5, 5.41) is 0. The van der Waals surface area contributed by atoms with Crippen LogP contribution in [0.1, 0.15) is 0 Å². The average Bonchev–Trinajstić information content (AvgIpc) is 2.29. The highest BCUT2D eigenvalue weighted by molar-refractivity contribution is 5.89. The van der Waals surface area contributed by atoms with E-state index in [0.29, 0.717) is 17.1 Å². The molecule has 0 saturated heterocycles. The fraction of sp³-hybridized carbons (Fsp3) is 0. The van der Waals surface area contributed by atoms with Crippen LogP contribution in [-0.2, 0) is 0 Å². The second kappa shape index (κ2) is 4.12. The number of nitrogens with two attached hydrogens (primary N) is 3. The molecular formula is C12H14N4. The first kappa shape index (κ1) is 10.3. The number of anilines is 3. The van der Waals surface area contributed by atoms with Gasteiger partial charge in [-0.1, -0.05) is 30.3 Å². The number of hydrogen-bond donors (Lipinski definition) is 4. The molecule has 82 valence electrons. The van der Waals surface area contributed by atoms with Crippen LogP contribution in [0.4, 0.5) is 17.1 Å². The van der Waals surface area contributed by atoms with E-state index in [2.05, 4.69) is 5.43 Å². The normalized spacial score (nSPS) is 10.1. The summed E-state index contributed by atoms with van der Waals surface area (Å²) < 4.78 is 0. The number of nitrogen functional groups attached to an aromatic ring is 3. The van der Waals surface area contributed by atoms with E-state index < -0.39 is 0 Å². The van der Waals surface area contributed by atoms with Gasteiger partial charge in [0.2, 0.25) is 0 Å². The van der Waals surface area contributed by atoms with Gasteiger partial charge in [0.25, 0.3) is 0 Å². The fourth-order valence-electron chi connectivity index (χ4n) is 1.71. The smallest absolute Gasteiger partial charge is 0.0526 e. The van der Waals surface area contributed by atoms with Gasteiger partial charge in [-0.25, -0.2) is 0 Å². The van der Waals surface area contributed by atoms with Crippen molar-refractivity contribution in [2.45, 2.75) is 0 Å². The lowest BCUT2D eigenvalue weighted by atomic mass is 10.0. The molecule has 0 aliphatic carbocycles. The minimum atomic E-state index is 0.610. The second-order valence-electron chi connectivity index (χ2n) is 3.54. The maximum atomic E-state index is 5.95. The molecule has 0 radical (unpaired) electrons. The highest BCUT2D eigenvalue weighted by Crippen LogP contribution is 2.34. The Labute approximate surface area is 94.0 Å². The molecule has 0 aliphatic heterocycles. The monoisotopic (exact) mass is 214 g/mol. The molecule has 2 aromatic carbocycles. The molecule has 16 heavy (non-hydrogen) atoms. The molecule has 0 spiro atoms. The van der Waals surface area contributed by atoms with E-state index in [4.69, 9.17) is 17.3 Å². The maximum absolute atomic E-state index is 5.95. The lowest BCUT2D eigenvalue weighted by Crippen LogP contribution is -2.08. The van der Waals surface area contributed by atoms with Crippen molar-refractivity contribution in [1.29, 1.82) is 0 Å². The average molecular weight is 214 g/mol. The molecule has 0 bridgehead atoms. The topological polar surface area (TPSA) is 90.1 Å². The van der Waals surface area contributed by atoms with E-state index in [1.54, 1.807) is 12.1 Å². The zero-order valence-corrected chi connectivity index (χ0v) is 8.77. The summed E-state index contributed by atoms with van der Waals surface area (Å²) in [5.41, 5.74) is 18.2. The summed E-state index contributed by atoms with van der Waals surface area (Å²) in [7, 11) is 0. The highest BCUT2D eigenvalue weighted by Gasteiger charge is 2.08. The van der Waals surface area contributed by atoms with E-state index in [0.717, 1.165) is 11.1 Å². The Kier molecular flexibility index (Phi) is 2.66. The molecule has 2 rings (SSSR count). The first-order valence-electron chi connectivity index (χ1n) is 4.93. The first-order valence-corrected chi connectivity index (χ1v) is 4.93. The third-order valence-electron chi connectivity index (χ3n) is 2.43. The zero-order valence-electron chi connectivity index (χ0n) is 8.77. The molecule has 0 heterocycles. The lowest BCUT2D eigenvalue weighted by molar-refractivity contribution is 1.35. The van der Waals surface area contributed by atoms with Crippen molar-refractivity contribution in [2.75, 3.05) is 16.9 Å². The Morgan fingerprint density at radius 1 is 0.875 bits per heavy atom. The number of benzene rings is 2. The summed E-state index contributed by atoms with van der Waals surface area (Å²) in [6.07, 6.45) is 0. The van der Waals surface area contributed by atoms with E-state index in [-0.39, 0.29) is 0 Å². The van der Waals surface area contributed by atoms with Gasteiger partial charge in [-0.15, -0.1) is 0 Å². The SMILES string of the molecule is NNc1cc(N)c(-c2ccccc2)c(N)c1. The van der Waals surface area contributed by atoms with Crippen LogP contribution in [0.25, 0.3) is 11.1 Å². The largest absolute Gasteiger partial charge is 0.398 e.